The van der Waals surface area contributed by atoms with Crippen LogP contribution in [0.2, 0.25) is 0 Å². The third-order valence-corrected chi connectivity index (χ3v) is 4.27. The lowest BCUT2D eigenvalue weighted by atomic mass is 9.99. The van der Waals surface area contributed by atoms with E-state index in [0.29, 0.717) is 15.7 Å². The minimum absolute atomic E-state index is 0.187. The Morgan fingerprint density at radius 2 is 2.12 bits per heavy atom. The topological polar surface area (TPSA) is 85.6 Å². The second-order valence-electron chi connectivity index (χ2n) is 4.89. The van der Waals surface area contributed by atoms with Gasteiger partial charge in [0.2, 0.25) is 10.1 Å². The maximum Gasteiger partial charge on any atom is 0.314 e. The van der Waals surface area contributed by atoms with Crippen LogP contribution in [-0.2, 0) is 9.53 Å². The fourth-order valence-electron chi connectivity index (χ4n) is 2.18. The first-order chi connectivity index (χ1) is 11.6. The average molecular weight is 348 g/mol. The Hall–Kier alpha value is -2.81. The number of carbonyl (C=O) groups is 1. The third kappa shape index (κ3) is 3.25. The van der Waals surface area contributed by atoms with Gasteiger partial charge < -0.3 is 10.1 Å². The molecule has 0 aliphatic rings. The monoisotopic (exact) mass is 348 g/mol. The number of hydrogen-bond donors (Lipinski definition) is 1. The van der Waals surface area contributed by atoms with Crippen molar-refractivity contribution in [1.82, 2.24) is 14.6 Å². The lowest BCUT2D eigenvalue weighted by Crippen LogP contribution is -2.22. The predicted octanol–water partition coefficient (Wildman–Crippen LogP) is 1.66. The highest BCUT2D eigenvalue weighted by molar-refractivity contribution is 7.20. The van der Waals surface area contributed by atoms with Crippen molar-refractivity contribution in [2.75, 3.05) is 19.0 Å². The summed E-state index contributed by atoms with van der Waals surface area (Å²) in [5.41, 5.74) is 0.333. The SMILES string of the molecule is COC(=O)C(CNc1nn2c(=O)ccnc2s1)c1ccc(F)cc1. The molecule has 0 aliphatic carbocycles. The van der Waals surface area contributed by atoms with Crippen molar-refractivity contribution >= 4 is 27.4 Å². The molecule has 0 amide bonds. The molecule has 3 aromatic rings. The summed E-state index contributed by atoms with van der Waals surface area (Å²) in [7, 11) is 1.29. The summed E-state index contributed by atoms with van der Waals surface area (Å²) in [5.74, 6) is -1.47. The maximum atomic E-state index is 13.1. The molecule has 0 aliphatic heterocycles. The predicted molar refractivity (Wildman–Crippen MR) is 86.8 cm³/mol. The molecule has 0 radical (unpaired) electrons. The highest BCUT2D eigenvalue weighted by atomic mass is 32.1. The van der Waals surface area contributed by atoms with Crippen LogP contribution in [0.15, 0.2) is 41.3 Å². The first-order valence-corrected chi connectivity index (χ1v) is 7.82. The van der Waals surface area contributed by atoms with E-state index in [9.17, 15) is 14.0 Å². The fourth-order valence-corrected chi connectivity index (χ4v) is 2.96. The Bertz CT molecular complexity index is 922. The summed E-state index contributed by atoms with van der Waals surface area (Å²) in [6.45, 7) is 0.187. The normalized spacial score (nSPS) is 12.1. The Morgan fingerprint density at radius 1 is 1.38 bits per heavy atom. The molecule has 0 bridgehead atoms. The van der Waals surface area contributed by atoms with Crippen molar-refractivity contribution in [3.8, 4) is 0 Å². The van der Waals surface area contributed by atoms with E-state index >= 15 is 0 Å². The van der Waals surface area contributed by atoms with Gasteiger partial charge in [0.05, 0.1) is 13.0 Å². The number of carbonyl (C=O) groups excluding carboxylic acids is 1. The zero-order valence-electron chi connectivity index (χ0n) is 12.6. The van der Waals surface area contributed by atoms with E-state index in [1.54, 1.807) is 0 Å². The van der Waals surface area contributed by atoms with E-state index in [1.807, 2.05) is 0 Å². The van der Waals surface area contributed by atoms with E-state index in [1.165, 1.54) is 59.5 Å². The number of anilines is 1. The minimum atomic E-state index is -0.632. The second-order valence-corrected chi connectivity index (χ2v) is 5.85. The van der Waals surface area contributed by atoms with E-state index in [4.69, 9.17) is 4.74 Å². The first kappa shape index (κ1) is 16.1. The van der Waals surface area contributed by atoms with Crippen molar-refractivity contribution in [3.05, 3.63) is 58.3 Å². The summed E-state index contributed by atoms with van der Waals surface area (Å²) >= 11 is 1.19. The van der Waals surface area contributed by atoms with Gasteiger partial charge in [0.25, 0.3) is 5.56 Å². The summed E-state index contributed by atoms with van der Waals surface area (Å²) in [4.78, 5) is 28.2. The minimum Gasteiger partial charge on any atom is -0.468 e. The Kier molecular flexibility index (Phi) is 4.52. The van der Waals surface area contributed by atoms with E-state index in [-0.39, 0.29) is 17.9 Å². The van der Waals surface area contributed by atoms with Crippen molar-refractivity contribution < 1.29 is 13.9 Å². The molecular weight excluding hydrogens is 335 g/mol. The van der Waals surface area contributed by atoms with E-state index in [2.05, 4.69) is 15.4 Å². The molecule has 1 N–H and O–H groups in total. The van der Waals surface area contributed by atoms with Crippen LogP contribution in [0.1, 0.15) is 11.5 Å². The highest BCUT2D eigenvalue weighted by Crippen LogP contribution is 2.21. The van der Waals surface area contributed by atoms with Crippen LogP contribution in [0, 0.1) is 5.82 Å². The number of hydrogen-bond acceptors (Lipinski definition) is 7. The summed E-state index contributed by atoms with van der Waals surface area (Å²) in [6, 6.07) is 6.94. The number of nitrogens with one attached hydrogen (secondary N) is 1. The van der Waals surface area contributed by atoms with Gasteiger partial charge in [-0.05, 0) is 17.7 Å². The van der Waals surface area contributed by atoms with Crippen molar-refractivity contribution in [1.29, 1.82) is 0 Å². The van der Waals surface area contributed by atoms with Crippen LogP contribution in [0.3, 0.4) is 0 Å². The lowest BCUT2D eigenvalue weighted by Gasteiger charge is -2.15. The lowest BCUT2D eigenvalue weighted by molar-refractivity contribution is -0.142. The molecule has 1 atom stereocenters. The standard InChI is InChI=1S/C15H13FN4O3S/c1-23-13(22)11(9-2-4-10(16)5-3-9)8-18-14-19-20-12(21)6-7-17-15(20)24-14/h2-7,11H,8H2,1H3,(H,18,19). The van der Waals surface area contributed by atoms with Crippen LogP contribution in [0.5, 0.6) is 0 Å². The second kappa shape index (κ2) is 6.75. The molecule has 24 heavy (non-hydrogen) atoms. The molecular formula is C15H13FN4O3S. The molecule has 0 fully saturated rings. The van der Waals surface area contributed by atoms with Gasteiger partial charge in [-0.2, -0.15) is 4.52 Å². The average Bonchev–Trinajstić information content (AvgIpc) is 3.01. The van der Waals surface area contributed by atoms with Crippen molar-refractivity contribution in [2.45, 2.75) is 5.92 Å². The molecule has 124 valence electrons. The first-order valence-electron chi connectivity index (χ1n) is 7.00. The van der Waals surface area contributed by atoms with E-state index in [0.717, 1.165) is 0 Å². The number of esters is 1. The van der Waals surface area contributed by atoms with Gasteiger partial charge in [-0.25, -0.2) is 9.37 Å². The fraction of sp³-hybridized carbons (Fsp3) is 0.200. The van der Waals surface area contributed by atoms with Crippen LogP contribution >= 0.6 is 11.3 Å². The van der Waals surface area contributed by atoms with Crippen LogP contribution in [0.4, 0.5) is 9.52 Å². The van der Waals surface area contributed by atoms with Gasteiger partial charge in [0.1, 0.15) is 5.82 Å². The number of methoxy groups -OCH3 is 1. The van der Waals surface area contributed by atoms with Gasteiger partial charge in [0, 0.05) is 18.8 Å². The number of rotatable bonds is 5. The Balaban J connectivity index is 1.82. The zero-order valence-corrected chi connectivity index (χ0v) is 13.4. The molecule has 0 saturated carbocycles. The summed E-state index contributed by atoms with van der Waals surface area (Å²) < 4.78 is 19.0. The van der Waals surface area contributed by atoms with E-state index < -0.39 is 11.9 Å². The Morgan fingerprint density at radius 3 is 2.79 bits per heavy atom. The summed E-state index contributed by atoms with van der Waals surface area (Å²) in [6.07, 6.45) is 1.41. The van der Waals surface area contributed by atoms with Crippen LogP contribution in [0.25, 0.3) is 4.96 Å². The smallest absolute Gasteiger partial charge is 0.314 e. The molecule has 1 aromatic carbocycles. The van der Waals surface area contributed by atoms with Crippen molar-refractivity contribution in [3.63, 3.8) is 0 Å². The quantitative estimate of drug-likeness (QED) is 0.706. The Labute approximate surface area is 139 Å². The number of nitrogens with zero attached hydrogens (tertiary/aromatic N) is 3. The number of aromatic nitrogens is 3. The summed E-state index contributed by atoms with van der Waals surface area (Å²) in [5, 5.41) is 7.56. The number of benzene rings is 1. The van der Waals surface area contributed by atoms with Gasteiger partial charge in [0.15, 0.2) is 0 Å². The number of halogens is 1. The van der Waals surface area contributed by atoms with Crippen LogP contribution in [-0.4, -0.2) is 34.2 Å². The van der Waals surface area contributed by atoms with Gasteiger partial charge in [-0.15, -0.1) is 5.10 Å². The maximum absolute atomic E-state index is 13.1. The molecule has 0 saturated heterocycles. The number of fused-ring (bicyclic) bond motifs is 1. The number of ether oxygens (including phenoxy) is 1. The molecule has 2 heterocycles. The molecule has 7 nitrogen and oxygen atoms in total. The molecule has 9 heteroatoms. The molecule has 0 spiro atoms. The van der Waals surface area contributed by atoms with Crippen LogP contribution < -0.4 is 10.9 Å². The zero-order chi connectivity index (χ0) is 17.1. The largest absolute Gasteiger partial charge is 0.468 e. The highest BCUT2D eigenvalue weighted by Gasteiger charge is 2.22. The molecule has 1 unspecified atom stereocenters. The third-order valence-electron chi connectivity index (χ3n) is 3.39. The molecule has 2 aromatic heterocycles. The van der Waals surface area contributed by atoms with Gasteiger partial charge in [-0.3, -0.25) is 9.59 Å². The van der Waals surface area contributed by atoms with Crippen molar-refractivity contribution in [2.24, 2.45) is 0 Å². The van der Waals surface area contributed by atoms with Gasteiger partial charge in [-0.1, -0.05) is 23.5 Å². The molecule has 3 rings (SSSR count). The van der Waals surface area contributed by atoms with Gasteiger partial charge >= 0.3 is 5.97 Å².